The molecule has 10 nitrogen and oxygen atoms in total. The molecule has 43 heavy (non-hydrogen) atoms. The van der Waals surface area contributed by atoms with Gasteiger partial charge in [-0.25, -0.2) is 4.98 Å². The molecule has 1 aliphatic carbocycles. The number of allylic oxidation sites excluding steroid dienone is 3. The number of amides is 2. The Morgan fingerprint density at radius 2 is 1.93 bits per heavy atom. The molecule has 0 unspecified atom stereocenters. The van der Waals surface area contributed by atoms with Crippen LogP contribution in [0, 0.1) is 13.8 Å². The van der Waals surface area contributed by atoms with Crippen LogP contribution in [0.5, 0.6) is 5.75 Å². The molecule has 0 radical (unpaired) electrons. The zero-order valence-corrected chi connectivity index (χ0v) is 25.1. The summed E-state index contributed by atoms with van der Waals surface area (Å²) in [5.74, 6) is 0.232. The van der Waals surface area contributed by atoms with Crippen LogP contribution >= 0.6 is 11.6 Å². The molecule has 3 N–H and O–H groups in total. The molecule has 0 saturated carbocycles. The minimum absolute atomic E-state index is 0.0282. The number of aromatic nitrogens is 2. The second kappa shape index (κ2) is 11.6. The van der Waals surface area contributed by atoms with Crippen LogP contribution in [0.25, 0.3) is 16.6 Å². The van der Waals surface area contributed by atoms with Crippen molar-refractivity contribution in [3.63, 3.8) is 0 Å². The zero-order valence-electron chi connectivity index (χ0n) is 24.4. The van der Waals surface area contributed by atoms with Crippen LogP contribution in [-0.4, -0.2) is 87.9 Å². The summed E-state index contributed by atoms with van der Waals surface area (Å²) >= 11 is 6.16. The Hall–Kier alpha value is -3.99. The molecule has 1 fully saturated rings. The Kier molecular flexibility index (Phi) is 7.85. The number of rotatable bonds is 8. The first-order chi connectivity index (χ1) is 20.6. The number of imide groups is 1. The van der Waals surface area contributed by atoms with Gasteiger partial charge in [0.2, 0.25) is 0 Å². The number of hydrogen-bond donors (Lipinski definition) is 3. The van der Waals surface area contributed by atoms with E-state index in [0.717, 1.165) is 31.5 Å². The summed E-state index contributed by atoms with van der Waals surface area (Å²) in [6, 6.07) is 6.91. The van der Waals surface area contributed by atoms with Crippen LogP contribution in [0.1, 0.15) is 56.9 Å². The van der Waals surface area contributed by atoms with Crippen molar-refractivity contribution in [2.75, 3.05) is 33.3 Å². The predicted octanol–water partition coefficient (Wildman–Crippen LogP) is 3.79. The lowest BCUT2D eigenvalue weighted by Crippen LogP contribution is -2.46. The van der Waals surface area contributed by atoms with Gasteiger partial charge in [-0.3, -0.25) is 19.3 Å². The number of aliphatic hydroxyl groups is 1. The van der Waals surface area contributed by atoms with E-state index >= 15 is 0 Å². The van der Waals surface area contributed by atoms with Crippen molar-refractivity contribution < 1.29 is 24.2 Å². The Morgan fingerprint density at radius 1 is 1.16 bits per heavy atom. The topological polar surface area (TPSA) is 128 Å². The molecular weight excluding hydrogens is 570 g/mol. The molecular formula is C32H34ClN5O5. The third kappa shape index (κ3) is 5.35. The Labute approximate surface area is 254 Å². The number of piperidine rings is 1. The number of halogens is 1. The molecule has 11 heteroatoms. The zero-order chi connectivity index (χ0) is 30.4. The van der Waals surface area contributed by atoms with Crippen LogP contribution in [0.2, 0.25) is 5.02 Å². The fourth-order valence-corrected chi connectivity index (χ4v) is 6.21. The van der Waals surface area contributed by atoms with Crippen molar-refractivity contribution in [2.24, 2.45) is 0 Å². The molecule has 0 bridgehead atoms. The minimum Gasteiger partial charge on any atom is -0.490 e. The molecule has 3 aliphatic rings. The number of aromatic amines is 1. The first-order valence-corrected chi connectivity index (χ1v) is 14.9. The van der Waals surface area contributed by atoms with E-state index in [0.29, 0.717) is 55.6 Å². The molecule has 2 amide bonds. The van der Waals surface area contributed by atoms with E-state index < -0.39 is 6.10 Å². The quantitative estimate of drug-likeness (QED) is 0.332. The van der Waals surface area contributed by atoms with Crippen LogP contribution in [0.3, 0.4) is 0 Å². The van der Waals surface area contributed by atoms with Gasteiger partial charge in [0.25, 0.3) is 11.8 Å². The maximum Gasteiger partial charge on any atom is 0.262 e. The van der Waals surface area contributed by atoms with Crippen LogP contribution < -0.4 is 10.1 Å². The number of carbonyl (C=O) groups excluding carboxylic acids is 3. The summed E-state index contributed by atoms with van der Waals surface area (Å²) in [4.78, 5) is 51.7. The van der Waals surface area contributed by atoms with Gasteiger partial charge in [0.15, 0.2) is 5.78 Å². The predicted molar refractivity (Wildman–Crippen MR) is 163 cm³/mol. The normalized spacial score (nSPS) is 18.6. The van der Waals surface area contributed by atoms with Crippen LogP contribution in [0.15, 0.2) is 42.1 Å². The lowest BCUT2D eigenvalue weighted by atomic mass is 10.00. The number of Topliss-reactive ketones (excluding diaryl/α,β-unsaturated/α-hetero) is 1. The monoisotopic (exact) mass is 603 g/mol. The molecule has 1 atom stereocenters. The first-order valence-electron chi connectivity index (χ1n) is 14.5. The summed E-state index contributed by atoms with van der Waals surface area (Å²) in [6.07, 6.45) is 4.38. The number of fused-ring (bicyclic) bond motifs is 2. The highest BCUT2D eigenvalue weighted by Gasteiger charge is 2.42. The Balaban J connectivity index is 1.24. The number of likely N-dealkylation sites (tertiary alicyclic amines) is 1. The van der Waals surface area contributed by atoms with Crippen LogP contribution in [0.4, 0.5) is 0 Å². The molecule has 1 saturated heterocycles. The van der Waals surface area contributed by atoms with Gasteiger partial charge in [0.05, 0.1) is 27.7 Å². The highest BCUT2D eigenvalue weighted by atomic mass is 35.5. The van der Waals surface area contributed by atoms with Crippen molar-refractivity contribution in [3.8, 4) is 5.75 Å². The van der Waals surface area contributed by atoms with Crippen molar-refractivity contribution in [2.45, 2.75) is 45.3 Å². The van der Waals surface area contributed by atoms with Gasteiger partial charge in [-0.05, 0) is 76.7 Å². The van der Waals surface area contributed by atoms with Crippen molar-refractivity contribution >= 4 is 45.8 Å². The summed E-state index contributed by atoms with van der Waals surface area (Å²) in [6.45, 7) is 5.47. The first kappa shape index (κ1) is 29.1. The Bertz CT molecular complexity index is 1700. The second-order valence-electron chi connectivity index (χ2n) is 11.4. The number of H-pyrrole nitrogens is 1. The van der Waals surface area contributed by atoms with E-state index in [-0.39, 0.29) is 43.2 Å². The second-order valence-corrected chi connectivity index (χ2v) is 11.9. The minimum atomic E-state index is -0.872. The van der Waals surface area contributed by atoms with Crippen molar-refractivity contribution in [1.82, 2.24) is 25.1 Å². The van der Waals surface area contributed by atoms with Gasteiger partial charge in [0.1, 0.15) is 24.3 Å². The lowest BCUT2D eigenvalue weighted by molar-refractivity contribution is -0.113. The van der Waals surface area contributed by atoms with Gasteiger partial charge in [-0.2, -0.15) is 0 Å². The van der Waals surface area contributed by atoms with E-state index in [4.69, 9.17) is 21.3 Å². The summed E-state index contributed by atoms with van der Waals surface area (Å²) in [5.41, 5.74) is 4.14. The van der Waals surface area contributed by atoms with E-state index in [1.54, 1.807) is 43.3 Å². The summed E-state index contributed by atoms with van der Waals surface area (Å²) < 4.78 is 5.76. The van der Waals surface area contributed by atoms with Gasteiger partial charge in [0, 0.05) is 35.3 Å². The SMILES string of the molecule is Cc1c(Cl)cccc1OC[C@H](O)CNC1=C(c2nc3c(C)c4c(cc3[nH]2)C(=O)N(C2CCN(C)CC2)C4=O)C(=O)CC=C1. The van der Waals surface area contributed by atoms with Crippen LogP contribution in [-0.2, 0) is 4.79 Å². The number of aryl methyl sites for hydroxylation is 1. The largest absolute Gasteiger partial charge is 0.490 e. The maximum atomic E-state index is 13.5. The maximum absolute atomic E-state index is 13.5. The number of benzene rings is 2. The number of nitrogens with zero attached hydrogens (tertiary/aromatic N) is 3. The number of carbonyl (C=O) groups is 3. The number of ether oxygens (including phenoxy) is 1. The molecule has 1 aromatic heterocycles. The third-order valence-corrected chi connectivity index (χ3v) is 8.91. The molecule has 3 aromatic rings. The Morgan fingerprint density at radius 3 is 2.70 bits per heavy atom. The fourth-order valence-electron chi connectivity index (χ4n) is 6.05. The van der Waals surface area contributed by atoms with Gasteiger partial charge in [-0.15, -0.1) is 0 Å². The average molecular weight is 604 g/mol. The molecule has 2 aliphatic heterocycles. The number of imidazole rings is 1. The van der Waals surface area contributed by atoms with E-state index in [2.05, 4.69) is 15.2 Å². The highest BCUT2D eigenvalue weighted by molar-refractivity contribution is 6.31. The number of ketones is 1. The lowest BCUT2D eigenvalue weighted by Gasteiger charge is -2.33. The third-order valence-electron chi connectivity index (χ3n) is 8.51. The van der Waals surface area contributed by atoms with Gasteiger partial charge >= 0.3 is 0 Å². The number of hydrogen-bond acceptors (Lipinski definition) is 8. The van der Waals surface area contributed by atoms with Gasteiger partial charge in [-0.1, -0.05) is 23.7 Å². The van der Waals surface area contributed by atoms with Crippen molar-refractivity contribution in [1.29, 1.82) is 0 Å². The molecule has 6 rings (SSSR count). The molecule has 2 aromatic carbocycles. The molecule has 3 heterocycles. The van der Waals surface area contributed by atoms with E-state index in [1.807, 2.05) is 14.0 Å². The molecule has 224 valence electrons. The number of aliphatic hydroxyl groups excluding tert-OH is 1. The van der Waals surface area contributed by atoms with E-state index in [1.165, 1.54) is 4.90 Å². The van der Waals surface area contributed by atoms with Gasteiger partial charge < -0.3 is 25.0 Å². The number of nitrogens with one attached hydrogen (secondary N) is 2. The molecule has 0 spiro atoms. The smallest absolute Gasteiger partial charge is 0.262 e. The average Bonchev–Trinajstić information content (AvgIpc) is 3.52. The fraction of sp³-hybridized carbons (Fsp3) is 0.375. The summed E-state index contributed by atoms with van der Waals surface area (Å²) in [5, 5.41) is 14.3. The standard InChI is InChI=1S/C32H34ClN5O5/c1-17-22(33)6-4-9-26(17)43-16-20(39)15-34-23-7-5-8-25(40)28(23)30-35-24-14-21-27(18(2)29(24)36-30)32(42)38(31(21)41)19-10-12-37(3)13-11-19/h4-7,9,14,19-20,34,39H,8,10-13,15-16H2,1-3H3,(H,35,36)/t20-/m1/s1. The highest BCUT2D eigenvalue weighted by Crippen LogP contribution is 2.35. The summed E-state index contributed by atoms with van der Waals surface area (Å²) in [7, 11) is 2.04. The van der Waals surface area contributed by atoms with E-state index in [9.17, 15) is 19.5 Å². The van der Waals surface area contributed by atoms with Crippen molar-refractivity contribution in [3.05, 3.63) is 75.2 Å².